The topological polar surface area (TPSA) is 77.0 Å². The van der Waals surface area contributed by atoms with Gasteiger partial charge >= 0.3 is 0 Å². The molecule has 0 saturated carbocycles. The van der Waals surface area contributed by atoms with E-state index in [1.807, 2.05) is 17.4 Å². The standard InChI is InChI=1S/C15H16N4O2S/c1-3-10-12(5-1)22-14(17-10)6-7-16-9-13-18-15(19-21-13)11-4-2-8-20-11/h2,4,8,16H,1,3,5-7,9H2. The summed E-state index contributed by atoms with van der Waals surface area (Å²) in [6.45, 7) is 1.41. The molecule has 1 aliphatic rings. The van der Waals surface area contributed by atoms with E-state index in [1.54, 1.807) is 12.3 Å². The van der Waals surface area contributed by atoms with Crippen molar-refractivity contribution in [3.8, 4) is 11.6 Å². The predicted molar refractivity (Wildman–Crippen MR) is 81.5 cm³/mol. The average molecular weight is 316 g/mol. The van der Waals surface area contributed by atoms with E-state index in [-0.39, 0.29) is 0 Å². The summed E-state index contributed by atoms with van der Waals surface area (Å²) in [6, 6.07) is 3.61. The summed E-state index contributed by atoms with van der Waals surface area (Å²) in [4.78, 5) is 10.5. The van der Waals surface area contributed by atoms with Crippen molar-refractivity contribution in [2.75, 3.05) is 6.54 Å². The first-order valence-electron chi connectivity index (χ1n) is 7.43. The third kappa shape index (κ3) is 2.82. The summed E-state index contributed by atoms with van der Waals surface area (Å²) in [5.74, 6) is 1.67. The lowest BCUT2D eigenvalue weighted by Gasteiger charge is -1.99. The van der Waals surface area contributed by atoms with Crippen LogP contribution in [0.2, 0.25) is 0 Å². The van der Waals surface area contributed by atoms with Crippen LogP contribution in [0.1, 0.15) is 27.9 Å². The summed E-state index contributed by atoms with van der Waals surface area (Å²) < 4.78 is 10.4. The Kier molecular flexibility index (Phi) is 3.74. The Morgan fingerprint density at radius 2 is 2.27 bits per heavy atom. The van der Waals surface area contributed by atoms with Crippen molar-refractivity contribution in [2.45, 2.75) is 32.2 Å². The molecule has 3 heterocycles. The van der Waals surface area contributed by atoms with Crippen LogP contribution in [0.3, 0.4) is 0 Å². The van der Waals surface area contributed by atoms with E-state index in [4.69, 9.17) is 8.94 Å². The van der Waals surface area contributed by atoms with Crippen LogP contribution in [0.25, 0.3) is 11.6 Å². The first kappa shape index (κ1) is 13.7. The molecule has 3 aromatic heterocycles. The monoisotopic (exact) mass is 316 g/mol. The molecule has 0 fully saturated rings. The lowest BCUT2D eigenvalue weighted by Crippen LogP contribution is -2.16. The maximum atomic E-state index is 5.23. The Balaban J connectivity index is 1.26. The lowest BCUT2D eigenvalue weighted by molar-refractivity contribution is 0.367. The number of aromatic nitrogens is 3. The van der Waals surface area contributed by atoms with Crippen LogP contribution in [-0.4, -0.2) is 21.7 Å². The molecule has 7 heteroatoms. The molecule has 0 radical (unpaired) electrons. The molecule has 0 amide bonds. The van der Waals surface area contributed by atoms with Crippen LogP contribution in [-0.2, 0) is 25.8 Å². The van der Waals surface area contributed by atoms with E-state index in [0.717, 1.165) is 19.4 Å². The van der Waals surface area contributed by atoms with E-state index in [2.05, 4.69) is 20.4 Å². The predicted octanol–water partition coefficient (Wildman–Crippen LogP) is 2.61. The van der Waals surface area contributed by atoms with Gasteiger partial charge in [-0.05, 0) is 31.4 Å². The van der Waals surface area contributed by atoms with Crippen molar-refractivity contribution < 1.29 is 8.94 Å². The second-order valence-electron chi connectivity index (χ2n) is 5.25. The maximum Gasteiger partial charge on any atom is 0.241 e. The molecule has 0 saturated heterocycles. The molecule has 1 N–H and O–H groups in total. The highest BCUT2D eigenvalue weighted by Crippen LogP contribution is 2.27. The number of rotatable bonds is 6. The first-order chi connectivity index (χ1) is 10.9. The maximum absolute atomic E-state index is 5.23. The van der Waals surface area contributed by atoms with Gasteiger partial charge in [-0.3, -0.25) is 0 Å². The van der Waals surface area contributed by atoms with Crippen molar-refractivity contribution in [3.05, 3.63) is 39.9 Å². The molecular formula is C15H16N4O2S. The molecule has 0 unspecified atom stereocenters. The normalized spacial score (nSPS) is 13.6. The molecule has 22 heavy (non-hydrogen) atoms. The first-order valence-corrected chi connectivity index (χ1v) is 8.25. The zero-order valence-corrected chi connectivity index (χ0v) is 12.9. The fraction of sp³-hybridized carbons (Fsp3) is 0.400. The highest BCUT2D eigenvalue weighted by molar-refractivity contribution is 7.11. The molecule has 1 aliphatic carbocycles. The van der Waals surface area contributed by atoms with Crippen molar-refractivity contribution in [3.63, 3.8) is 0 Å². The van der Waals surface area contributed by atoms with E-state index in [9.17, 15) is 0 Å². The van der Waals surface area contributed by atoms with Gasteiger partial charge < -0.3 is 14.3 Å². The number of aryl methyl sites for hydroxylation is 2. The number of hydrogen-bond donors (Lipinski definition) is 1. The Morgan fingerprint density at radius 3 is 3.14 bits per heavy atom. The summed E-state index contributed by atoms with van der Waals surface area (Å²) in [5.41, 5.74) is 1.32. The van der Waals surface area contributed by atoms with E-state index in [0.29, 0.717) is 24.0 Å². The van der Waals surface area contributed by atoms with Crippen LogP contribution >= 0.6 is 11.3 Å². The zero-order chi connectivity index (χ0) is 14.8. The fourth-order valence-corrected chi connectivity index (χ4v) is 3.73. The van der Waals surface area contributed by atoms with Crippen LogP contribution in [0.15, 0.2) is 27.3 Å². The molecule has 0 aromatic carbocycles. The minimum absolute atomic E-state index is 0.484. The van der Waals surface area contributed by atoms with Crippen LogP contribution in [0.5, 0.6) is 0 Å². The number of hydrogen-bond acceptors (Lipinski definition) is 7. The summed E-state index contributed by atoms with van der Waals surface area (Å²) in [7, 11) is 0. The highest BCUT2D eigenvalue weighted by Gasteiger charge is 2.16. The number of nitrogens with zero attached hydrogens (tertiary/aromatic N) is 3. The molecule has 114 valence electrons. The second kappa shape index (κ2) is 6.02. The third-order valence-corrected chi connectivity index (χ3v) is 4.86. The molecular weight excluding hydrogens is 300 g/mol. The minimum Gasteiger partial charge on any atom is -0.461 e. The Morgan fingerprint density at radius 1 is 1.27 bits per heavy atom. The molecule has 0 bridgehead atoms. The van der Waals surface area contributed by atoms with Gasteiger partial charge in [0.25, 0.3) is 0 Å². The van der Waals surface area contributed by atoms with Gasteiger partial charge in [0.15, 0.2) is 5.76 Å². The molecule has 0 aliphatic heterocycles. The van der Waals surface area contributed by atoms with Gasteiger partial charge in [0.05, 0.1) is 23.5 Å². The Labute approximate surface area is 131 Å². The molecule has 6 nitrogen and oxygen atoms in total. The zero-order valence-electron chi connectivity index (χ0n) is 12.0. The Bertz CT molecular complexity index is 726. The molecule has 3 aromatic rings. The van der Waals surface area contributed by atoms with Gasteiger partial charge in [0.2, 0.25) is 11.7 Å². The number of furan rings is 1. The van der Waals surface area contributed by atoms with Gasteiger partial charge in [0.1, 0.15) is 0 Å². The second-order valence-corrected chi connectivity index (χ2v) is 6.42. The molecule has 0 atom stereocenters. The van der Waals surface area contributed by atoms with Crippen molar-refractivity contribution in [2.24, 2.45) is 0 Å². The van der Waals surface area contributed by atoms with Crippen molar-refractivity contribution in [1.82, 2.24) is 20.4 Å². The number of thiazole rings is 1. The van der Waals surface area contributed by atoms with Gasteiger partial charge in [-0.1, -0.05) is 5.16 Å². The van der Waals surface area contributed by atoms with Gasteiger partial charge in [-0.15, -0.1) is 11.3 Å². The summed E-state index contributed by atoms with van der Waals surface area (Å²) in [5, 5.41) is 8.43. The van der Waals surface area contributed by atoms with Crippen LogP contribution < -0.4 is 5.32 Å². The smallest absolute Gasteiger partial charge is 0.241 e. The molecule has 0 spiro atoms. The fourth-order valence-electron chi connectivity index (χ4n) is 2.57. The minimum atomic E-state index is 0.484. The van der Waals surface area contributed by atoms with Crippen LogP contribution in [0, 0.1) is 0 Å². The van der Waals surface area contributed by atoms with E-state index >= 15 is 0 Å². The van der Waals surface area contributed by atoms with Gasteiger partial charge in [-0.25, -0.2) is 4.98 Å². The lowest BCUT2D eigenvalue weighted by atomic mass is 10.3. The van der Waals surface area contributed by atoms with Gasteiger partial charge in [0, 0.05) is 17.8 Å². The van der Waals surface area contributed by atoms with Crippen molar-refractivity contribution in [1.29, 1.82) is 0 Å². The molecule has 4 rings (SSSR count). The van der Waals surface area contributed by atoms with E-state index < -0.39 is 0 Å². The van der Waals surface area contributed by atoms with Crippen molar-refractivity contribution >= 4 is 11.3 Å². The average Bonchev–Trinajstić information content (AvgIpc) is 3.24. The highest BCUT2D eigenvalue weighted by atomic mass is 32.1. The van der Waals surface area contributed by atoms with E-state index in [1.165, 1.54) is 28.4 Å². The number of nitrogens with one attached hydrogen (secondary N) is 1. The quantitative estimate of drug-likeness (QED) is 0.704. The van der Waals surface area contributed by atoms with Gasteiger partial charge in [-0.2, -0.15) is 4.98 Å². The largest absolute Gasteiger partial charge is 0.461 e. The Hall–Kier alpha value is -1.99. The van der Waals surface area contributed by atoms with Crippen LogP contribution in [0.4, 0.5) is 0 Å². The summed E-state index contributed by atoms with van der Waals surface area (Å²) >= 11 is 1.86. The SMILES string of the molecule is c1coc(-c2noc(CNCCc3nc4c(s3)CCC4)n2)c1. The third-order valence-electron chi connectivity index (χ3n) is 3.64. The number of fused-ring (bicyclic) bond motifs is 1. The summed E-state index contributed by atoms with van der Waals surface area (Å²) in [6.07, 6.45) is 6.16.